The Bertz CT molecular complexity index is 935. The van der Waals surface area contributed by atoms with Gasteiger partial charge in [0, 0.05) is 37.5 Å². The highest BCUT2D eigenvalue weighted by atomic mass is 16.4. The summed E-state index contributed by atoms with van der Waals surface area (Å²) >= 11 is 0. The molecule has 0 saturated carbocycles. The van der Waals surface area contributed by atoms with Gasteiger partial charge in [-0.25, -0.2) is 4.98 Å². The molecule has 1 aromatic heterocycles. The van der Waals surface area contributed by atoms with Crippen molar-refractivity contribution in [3.63, 3.8) is 0 Å². The van der Waals surface area contributed by atoms with Crippen LogP contribution in [-0.2, 0) is 11.3 Å². The summed E-state index contributed by atoms with van der Waals surface area (Å²) in [6.45, 7) is 15.2. The van der Waals surface area contributed by atoms with Gasteiger partial charge in [-0.05, 0) is 89.1 Å². The fraction of sp³-hybridized carbons (Fsp3) is 0.655. The van der Waals surface area contributed by atoms with Gasteiger partial charge in [0.1, 0.15) is 11.5 Å². The van der Waals surface area contributed by atoms with Crippen molar-refractivity contribution in [3.05, 3.63) is 41.3 Å². The number of oxazole rings is 1. The van der Waals surface area contributed by atoms with E-state index < -0.39 is 0 Å². The van der Waals surface area contributed by atoms with E-state index in [9.17, 15) is 4.79 Å². The number of likely N-dealkylation sites (tertiary alicyclic amines) is 2. The van der Waals surface area contributed by atoms with Gasteiger partial charge >= 0.3 is 0 Å². The van der Waals surface area contributed by atoms with Crippen LogP contribution in [0.5, 0.6) is 0 Å². The van der Waals surface area contributed by atoms with Crippen molar-refractivity contribution in [3.8, 4) is 11.5 Å². The minimum absolute atomic E-state index is 0.243. The molecule has 0 bridgehead atoms. The Balaban J connectivity index is 1.18. The maximum absolute atomic E-state index is 12.8. The molecular formula is C29H43N3O2. The first-order valence-corrected chi connectivity index (χ1v) is 13.4. The molecule has 2 aromatic rings. The van der Waals surface area contributed by atoms with Crippen molar-refractivity contribution in [2.24, 2.45) is 17.8 Å². The van der Waals surface area contributed by atoms with Crippen LogP contribution in [0.15, 0.2) is 28.7 Å². The topological polar surface area (TPSA) is 49.6 Å². The zero-order chi connectivity index (χ0) is 24.1. The number of nitrogens with zero attached hydrogens (tertiary/aromatic N) is 3. The highest BCUT2D eigenvalue weighted by Gasteiger charge is 2.26. The predicted molar refractivity (Wildman–Crippen MR) is 138 cm³/mol. The SMILES string of the molecule is Cc1ccccc1-c1nc(CN2CCC(C(=O)CCCCN3C[C@H](C)C[C@H](C)C3)CC2)c(C)o1. The Labute approximate surface area is 205 Å². The number of unbranched alkanes of at least 4 members (excludes halogenated alkanes) is 1. The number of rotatable bonds is 9. The second kappa shape index (κ2) is 11.6. The molecule has 4 rings (SSSR count). The molecule has 0 radical (unpaired) electrons. The highest BCUT2D eigenvalue weighted by Crippen LogP contribution is 2.27. The fourth-order valence-electron chi connectivity index (χ4n) is 5.94. The number of carbonyl (C=O) groups excluding carboxylic acids is 1. The van der Waals surface area contributed by atoms with E-state index in [4.69, 9.17) is 9.40 Å². The lowest BCUT2D eigenvalue weighted by molar-refractivity contribution is -0.124. The molecule has 3 heterocycles. The standard InChI is InChI=1S/C29H43N3O2/c1-21-17-22(2)19-32(18-21)14-8-7-11-28(33)25-12-15-31(16-13-25)20-27-24(4)34-29(30-27)26-10-6-5-9-23(26)3/h5-6,9-10,21-22,25H,7-8,11-20H2,1-4H3/t21-,22+. The minimum Gasteiger partial charge on any atom is -0.441 e. The number of aryl methyl sites for hydroxylation is 2. The number of carbonyl (C=O) groups is 1. The Morgan fingerprint density at radius 1 is 1.03 bits per heavy atom. The molecule has 0 unspecified atom stereocenters. The van der Waals surface area contributed by atoms with Crippen molar-refractivity contribution in [2.75, 3.05) is 32.7 Å². The number of hydrogen-bond acceptors (Lipinski definition) is 5. The lowest BCUT2D eigenvalue weighted by Gasteiger charge is -2.35. The summed E-state index contributed by atoms with van der Waals surface area (Å²) in [6.07, 6.45) is 6.25. The van der Waals surface area contributed by atoms with E-state index in [1.54, 1.807) is 0 Å². The molecule has 0 spiro atoms. The molecule has 5 nitrogen and oxygen atoms in total. The van der Waals surface area contributed by atoms with Crippen LogP contribution in [0.2, 0.25) is 0 Å². The summed E-state index contributed by atoms with van der Waals surface area (Å²) in [5, 5.41) is 0. The largest absolute Gasteiger partial charge is 0.441 e. The van der Waals surface area contributed by atoms with Crippen LogP contribution in [0.1, 0.15) is 69.4 Å². The molecule has 0 aliphatic carbocycles. The Morgan fingerprint density at radius 2 is 1.74 bits per heavy atom. The molecule has 2 fully saturated rings. The van der Waals surface area contributed by atoms with Gasteiger partial charge in [-0.2, -0.15) is 0 Å². The average molecular weight is 466 g/mol. The third kappa shape index (κ3) is 6.57. The summed E-state index contributed by atoms with van der Waals surface area (Å²) in [6, 6.07) is 8.22. The smallest absolute Gasteiger partial charge is 0.226 e. The number of aromatic nitrogens is 1. The molecule has 0 N–H and O–H groups in total. The number of hydrogen-bond donors (Lipinski definition) is 0. The third-order valence-electron chi connectivity index (χ3n) is 7.78. The first-order chi connectivity index (χ1) is 16.4. The van der Waals surface area contributed by atoms with E-state index in [0.29, 0.717) is 11.7 Å². The Morgan fingerprint density at radius 3 is 2.44 bits per heavy atom. The second-order valence-corrected chi connectivity index (χ2v) is 11.0. The monoisotopic (exact) mass is 465 g/mol. The maximum atomic E-state index is 12.8. The van der Waals surface area contributed by atoms with Crippen molar-refractivity contribution >= 4 is 5.78 Å². The van der Waals surface area contributed by atoms with Gasteiger partial charge in [-0.3, -0.25) is 9.69 Å². The minimum atomic E-state index is 0.243. The molecule has 1 aromatic carbocycles. The van der Waals surface area contributed by atoms with Crippen molar-refractivity contribution in [1.29, 1.82) is 0 Å². The summed E-state index contributed by atoms with van der Waals surface area (Å²) in [5.74, 6) is 3.96. The van der Waals surface area contributed by atoms with Gasteiger partial charge in [0.05, 0.1) is 5.69 Å². The number of ketones is 1. The lowest BCUT2D eigenvalue weighted by atomic mass is 9.89. The molecular weight excluding hydrogens is 422 g/mol. The molecule has 5 heteroatoms. The van der Waals surface area contributed by atoms with E-state index in [1.165, 1.54) is 25.1 Å². The van der Waals surface area contributed by atoms with E-state index >= 15 is 0 Å². The van der Waals surface area contributed by atoms with Gasteiger partial charge in [0.2, 0.25) is 5.89 Å². The molecule has 0 amide bonds. The van der Waals surface area contributed by atoms with Crippen LogP contribution >= 0.6 is 0 Å². The third-order valence-corrected chi connectivity index (χ3v) is 7.78. The molecule has 34 heavy (non-hydrogen) atoms. The first-order valence-electron chi connectivity index (χ1n) is 13.4. The number of benzene rings is 1. The first kappa shape index (κ1) is 25.1. The van der Waals surface area contributed by atoms with Crippen molar-refractivity contribution < 1.29 is 9.21 Å². The van der Waals surface area contributed by atoms with Crippen LogP contribution in [0.25, 0.3) is 11.5 Å². The quantitative estimate of drug-likeness (QED) is 0.432. The van der Waals surface area contributed by atoms with Crippen LogP contribution in [-0.4, -0.2) is 53.3 Å². The van der Waals surface area contributed by atoms with E-state index in [-0.39, 0.29) is 5.92 Å². The normalized spacial score (nSPS) is 22.8. The molecule has 186 valence electrons. The highest BCUT2D eigenvalue weighted by molar-refractivity contribution is 5.81. The van der Waals surface area contributed by atoms with E-state index in [0.717, 1.165) is 87.1 Å². The second-order valence-electron chi connectivity index (χ2n) is 11.0. The van der Waals surface area contributed by atoms with E-state index in [2.05, 4.69) is 42.7 Å². The fourth-order valence-corrected chi connectivity index (χ4v) is 5.94. The molecule has 2 atom stereocenters. The molecule has 2 saturated heterocycles. The summed E-state index contributed by atoms with van der Waals surface area (Å²) in [7, 11) is 0. The van der Waals surface area contributed by atoms with Crippen molar-refractivity contribution in [1.82, 2.24) is 14.8 Å². The van der Waals surface area contributed by atoms with Crippen LogP contribution in [0.3, 0.4) is 0 Å². The molecule has 2 aliphatic heterocycles. The van der Waals surface area contributed by atoms with Crippen LogP contribution < -0.4 is 0 Å². The molecule has 2 aliphatic rings. The van der Waals surface area contributed by atoms with Gasteiger partial charge in [-0.1, -0.05) is 32.0 Å². The van der Waals surface area contributed by atoms with Gasteiger partial charge in [-0.15, -0.1) is 0 Å². The zero-order valence-electron chi connectivity index (χ0n) is 21.7. The Kier molecular flexibility index (Phi) is 8.60. The zero-order valence-corrected chi connectivity index (χ0v) is 21.7. The van der Waals surface area contributed by atoms with Crippen molar-refractivity contribution in [2.45, 2.75) is 72.8 Å². The average Bonchev–Trinajstić information content (AvgIpc) is 3.16. The number of Topliss-reactive ketones (excluding diaryl/α,β-unsaturated/α-hetero) is 1. The number of piperidine rings is 2. The van der Waals surface area contributed by atoms with Gasteiger partial charge in [0.15, 0.2) is 0 Å². The van der Waals surface area contributed by atoms with Gasteiger partial charge in [0.25, 0.3) is 0 Å². The summed E-state index contributed by atoms with van der Waals surface area (Å²) < 4.78 is 6.00. The predicted octanol–water partition coefficient (Wildman–Crippen LogP) is 5.89. The lowest BCUT2D eigenvalue weighted by Crippen LogP contribution is -2.39. The maximum Gasteiger partial charge on any atom is 0.226 e. The van der Waals surface area contributed by atoms with Crippen LogP contribution in [0, 0.1) is 31.6 Å². The summed E-state index contributed by atoms with van der Waals surface area (Å²) in [4.78, 5) is 22.6. The summed E-state index contributed by atoms with van der Waals surface area (Å²) in [5.41, 5.74) is 3.25. The van der Waals surface area contributed by atoms with Crippen LogP contribution in [0.4, 0.5) is 0 Å². The van der Waals surface area contributed by atoms with E-state index in [1.807, 2.05) is 19.1 Å². The van der Waals surface area contributed by atoms with Gasteiger partial charge < -0.3 is 9.32 Å². The Hall–Kier alpha value is -1.98.